The Labute approximate surface area is 176 Å². The fourth-order valence-corrected chi connectivity index (χ4v) is 5.95. The van der Waals surface area contributed by atoms with Crippen LogP contribution in [0.4, 0.5) is 0 Å². The summed E-state index contributed by atoms with van der Waals surface area (Å²) in [6, 6.07) is 7.38. The lowest BCUT2D eigenvalue weighted by atomic mass is 9.59. The Morgan fingerprint density at radius 3 is 2.63 bits per heavy atom. The van der Waals surface area contributed by atoms with E-state index in [1.807, 2.05) is 28.0 Å². The van der Waals surface area contributed by atoms with Crippen LogP contribution in [0.25, 0.3) is 0 Å². The Kier molecular flexibility index (Phi) is 4.71. The molecule has 1 saturated heterocycles. The van der Waals surface area contributed by atoms with Gasteiger partial charge in [0.05, 0.1) is 5.56 Å². The Bertz CT molecular complexity index is 887. The van der Waals surface area contributed by atoms with E-state index in [-0.39, 0.29) is 35.5 Å². The molecule has 6 rings (SSSR count). The van der Waals surface area contributed by atoms with Crippen molar-refractivity contribution in [3.63, 3.8) is 0 Å². The van der Waals surface area contributed by atoms with Gasteiger partial charge >= 0.3 is 0 Å². The van der Waals surface area contributed by atoms with Gasteiger partial charge in [-0.2, -0.15) is 0 Å². The van der Waals surface area contributed by atoms with Crippen LogP contribution >= 0.6 is 0 Å². The minimum absolute atomic E-state index is 0.0177. The molecule has 1 N–H and O–H groups in total. The molecule has 2 bridgehead atoms. The monoisotopic (exact) mass is 411 g/mol. The SMILES string of the molecule is CC(=O)N1CCCN(C(=O)C2CC3CCC2CC32NC(=O)c3ccccc3O2)CC1. The van der Waals surface area contributed by atoms with Gasteiger partial charge in [-0.15, -0.1) is 0 Å². The number of ether oxygens (including phenoxy) is 1. The fourth-order valence-electron chi connectivity index (χ4n) is 5.95. The molecule has 2 heterocycles. The van der Waals surface area contributed by atoms with E-state index in [4.69, 9.17) is 4.74 Å². The first-order chi connectivity index (χ1) is 14.5. The van der Waals surface area contributed by atoms with E-state index < -0.39 is 5.72 Å². The van der Waals surface area contributed by atoms with E-state index in [2.05, 4.69) is 5.32 Å². The van der Waals surface area contributed by atoms with Crippen molar-refractivity contribution in [1.29, 1.82) is 0 Å². The third-order valence-electron chi connectivity index (χ3n) is 7.54. The number of carbonyl (C=O) groups is 3. The quantitative estimate of drug-likeness (QED) is 0.767. The van der Waals surface area contributed by atoms with Gasteiger partial charge in [-0.05, 0) is 43.7 Å². The highest BCUT2D eigenvalue weighted by Crippen LogP contribution is 2.52. The summed E-state index contributed by atoms with van der Waals surface area (Å²) in [5.74, 6) is 1.18. The number of nitrogens with zero attached hydrogens (tertiary/aromatic N) is 2. The predicted octanol–water partition coefficient (Wildman–Crippen LogP) is 2.02. The van der Waals surface area contributed by atoms with Gasteiger partial charge < -0.3 is 19.9 Å². The summed E-state index contributed by atoms with van der Waals surface area (Å²) in [6.45, 7) is 4.24. The first-order valence-corrected chi connectivity index (χ1v) is 11.1. The second-order valence-electron chi connectivity index (χ2n) is 9.21. The van der Waals surface area contributed by atoms with Gasteiger partial charge in [0.25, 0.3) is 5.91 Å². The molecule has 3 aliphatic carbocycles. The number of carbonyl (C=O) groups excluding carboxylic acids is 3. The molecular weight excluding hydrogens is 382 g/mol. The molecule has 3 saturated carbocycles. The van der Waals surface area contributed by atoms with Crippen LogP contribution in [-0.4, -0.2) is 59.4 Å². The number of para-hydroxylation sites is 1. The van der Waals surface area contributed by atoms with Crippen LogP contribution in [-0.2, 0) is 9.59 Å². The van der Waals surface area contributed by atoms with Gasteiger partial charge in [-0.3, -0.25) is 14.4 Å². The molecule has 5 aliphatic rings. The second-order valence-corrected chi connectivity index (χ2v) is 9.21. The van der Waals surface area contributed by atoms with Crippen LogP contribution in [0.5, 0.6) is 5.75 Å². The van der Waals surface area contributed by atoms with Gasteiger partial charge in [-0.1, -0.05) is 12.1 Å². The van der Waals surface area contributed by atoms with Crippen LogP contribution < -0.4 is 10.1 Å². The van der Waals surface area contributed by atoms with Crippen molar-refractivity contribution in [1.82, 2.24) is 15.1 Å². The van der Waals surface area contributed by atoms with Crippen molar-refractivity contribution in [2.45, 2.75) is 44.8 Å². The molecule has 4 atom stereocenters. The van der Waals surface area contributed by atoms with E-state index in [9.17, 15) is 14.4 Å². The minimum Gasteiger partial charge on any atom is -0.467 e. The van der Waals surface area contributed by atoms with Gasteiger partial charge in [0.15, 0.2) is 5.72 Å². The zero-order valence-electron chi connectivity index (χ0n) is 17.4. The van der Waals surface area contributed by atoms with Crippen molar-refractivity contribution < 1.29 is 19.1 Å². The van der Waals surface area contributed by atoms with E-state index in [1.54, 1.807) is 13.0 Å². The summed E-state index contributed by atoms with van der Waals surface area (Å²) in [5, 5.41) is 3.16. The van der Waals surface area contributed by atoms with Crippen LogP contribution in [0.3, 0.4) is 0 Å². The predicted molar refractivity (Wildman–Crippen MR) is 110 cm³/mol. The highest BCUT2D eigenvalue weighted by atomic mass is 16.5. The zero-order chi connectivity index (χ0) is 20.9. The number of amides is 3. The van der Waals surface area contributed by atoms with Gasteiger partial charge in [0, 0.05) is 51.4 Å². The lowest BCUT2D eigenvalue weighted by Crippen LogP contribution is -2.67. The van der Waals surface area contributed by atoms with E-state index >= 15 is 0 Å². The molecule has 160 valence electrons. The highest BCUT2D eigenvalue weighted by molar-refractivity contribution is 5.98. The summed E-state index contributed by atoms with van der Waals surface area (Å²) >= 11 is 0. The molecule has 3 amide bonds. The largest absolute Gasteiger partial charge is 0.467 e. The molecule has 1 aromatic rings. The highest BCUT2D eigenvalue weighted by Gasteiger charge is 2.57. The maximum absolute atomic E-state index is 13.4. The lowest BCUT2D eigenvalue weighted by molar-refractivity contribution is -0.155. The Balaban J connectivity index is 1.31. The minimum atomic E-state index is -0.685. The van der Waals surface area contributed by atoms with Crippen molar-refractivity contribution in [3.8, 4) is 5.75 Å². The smallest absolute Gasteiger partial charge is 0.258 e. The van der Waals surface area contributed by atoms with Crippen LogP contribution in [0, 0.1) is 17.8 Å². The Morgan fingerprint density at radius 1 is 1.10 bits per heavy atom. The Hall–Kier alpha value is -2.57. The summed E-state index contributed by atoms with van der Waals surface area (Å²) in [6.07, 6.45) is 4.22. The standard InChI is InChI=1S/C23H29N3O4/c1-15(27)25-9-4-10-26(12-11-25)22(29)19-13-17-8-7-16(19)14-23(17)24-21(28)18-5-2-3-6-20(18)30-23/h2-3,5-6,16-17,19H,4,7-14H2,1H3,(H,24,28). The molecular formula is C23H29N3O4. The number of benzene rings is 1. The van der Waals surface area contributed by atoms with Crippen LogP contribution in [0.15, 0.2) is 24.3 Å². The Morgan fingerprint density at radius 2 is 1.87 bits per heavy atom. The van der Waals surface area contributed by atoms with Crippen molar-refractivity contribution >= 4 is 17.7 Å². The van der Waals surface area contributed by atoms with Gasteiger partial charge in [-0.25, -0.2) is 0 Å². The van der Waals surface area contributed by atoms with Crippen LogP contribution in [0.2, 0.25) is 0 Å². The van der Waals surface area contributed by atoms with Crippen molar-refractivity contribution in [2.24, 2.45) is 17.8 Å². The summed E-state index contributed by atoms with van der Waals surface area (Å²) in [7, 11) is 0. The lowest BCUT2D eigenvalue weighted by Gasteiger charge is -2.55. The number of hydrogen-bond acceptors (Lipinski definition) is 4. The maximum Gasteiger partial charge on any atom is 0.258 e. The first kappa shape index (κ1) is 19.4. The topological polar surface area (TPSA) is 79.0 Å². The van der Waals surface area contributed by atoms with Crippen LogP contribution in [0.1, 0.15) is 49.4 Å². The van der Waals surface area contributed by atoms with Crippen molar-refractivity contribution in [2.75, 3.05) is 26.2 Å². The average Bonchev–Trinajstić information content (AvgIpc) is 3.00. The molecule has 0 aromatic heterocycles. The first-order valence-electron chi connectivity index (χ1n) is 11.1. The number of rotatable bonds is 1. The summed E-state index contributed by atoms with van der Waals surface area (Å²) < 4.78 is 6.40. The molecule has 4 unspecified atom stereocenters. The van der Waals surface area contributed by atoms with E-state index in [0.29, 0.717) is 37.4 Å². The number of fused-ring (bicyclic) bond motifs is 3. The molecule has 1 aromatic carbocycles. The fraction of sp³-hybridized carbons (Fsp3) is 0.609. The zero-order valence-corrected chi connectivity index (χ0v) is 17.4. The van der Waals surface area contributed by atoms with E-state index in [0.717, 1.165) is 32.2 Å². The summed E-state index contributed by atoms with van der Waals surface area (Å²) in [5.41, 5.74) is -0.105. The molecule has 2 aliphatic heterocycles. The van der Waals surface area contributed by atoms with Gasteiger partial charge in [0.1, 0.15) is 5.75 Å². The molecule has 1 spiro atoms. The molecule has 7 heteroatoms. The van der Waals surface area contributed by atoms with Gasteiger partial charge in [0.2, 0.25) is 11.8 Å². The molecule has 0 radical (unpaired) electrons. The molecule has 7 nitrogen and oxygen atoms in total. The van der Waals surface area contributed by atoms with Crippen molar-refractivity contribution in [3.05, 3.63) is 29.8 Å². The maximum atomic E-state index is 13.4. The molecule has 30 heavy (non-hydrogen) atoms. The third kappa shape index (κ3) is 3.15. The second kappa shape index (κ2) is 7.29. The molecule has 4 fully saturated rings. The number of hydrogen-bond donors (Lipinski definition) is 1. The third-order valence-corrected chi connectivity index (χ3v) is 7.54. The normalized spacial score (nSPS) is 32.8. The summed E-state index contributed by atoms with van der Waals surface area (Å²) in [4.78, 5) is 41.6. The number of nitrogens with one attached hydrogen (secondary N) is 1. The average molecular weight is 412 g/mol. The van der Waals surface area contributed by atoms with E-state index in [1.165, 1.54) is 0 Å².